The van der Waals surface area contributed by atoms with Gasteiger partial charge in [0.2, 0.25) is 5.90 Å². The molecule has 1 atom stereocenters. The van der Waals surface area contributed by atoms with Gasteiger partial charge in [-0.05, 0) is 30.5 Å². The van der Waals surface area contributed by atoms with Crippen molar-refractivity contribution in [1.29, 1.82) is 0 Å². The van der Waals surface area contributed by atoms with E-state index >= 15 is 0 Å². The number of cyclic esters (lactones) is 1. The Balaban J connectivity index is 2.39. The molecule has 0 N–H and O–H groups in total. The molecule has 22 heavy (non-hydrogen) atoms. The molecule has 1 aliphatic rings. The Bertz CT molecular complexity index is 619. The second kappa shape index (κ2) is 6.56. The summed E-state index contributed by atoms with van der Waals surface area (Å²) in [5.41, 5.74) is -0.444. The van der Waals surface area contributed by atoms with E-state index in [4.69, 9.17) is 4.74 Å². The molecule has 0 spiro atoms. The van der Waals surface area contributed by atoms with Crippen LogP contribution in [0.2, 0.25) is 0 Å². The Hall–Kier alpha value is -2.43. The van der Waals surface area contributed by atoms with Crippen molar-refractivity contribution in [2.45, 2.75) is 25.8 Å². The van der Waals surface area contributed by atoms with Crippen LogP contribution < -0.4 is 0 Å². The normalized spacial score (nSPS) is 21.1. The minimum absolute atomic E-state index is 0.203. The van der Waals surface area contributed by atoms with E-state index in [0.29, 0.717) is 6.42 Å². The average molecular weight is 301 g/mol. The van der Waals surface area contributed by atoms with Crippen molar-refractivity contribution in [3.05, 3.63) is 48.0 Å². The van der Waals surface area contributed by atoms with Gasteiger partial charge in [0, 0.05) is 11.6 Å². The zero-order valence-corrected chi connectivity index (χ0v) is 12.9. The predicted octanol–water partition coefficient (Wildman–Crippen LogP) is 2.50. The zero-order valence-electron chi connectivity index (χ0n) is 12.9. The summed E-state index contributed by atoms with van der Waals surface area (Å²) in [7, 11) is 1.29. The van der Waals surface area contributed by atoms with Crippen LogP contribution in [0.3, 0.4) is 0 Å². The summed E-state index contributed by atoms with van der Waals surface area (Å²) in [4.78, 5) is 28.2. The molecule has 0 aliphatic carbocycles. The molecule has 0 bridgehead atoms. The number of benzene rings is 1. The standard InChI is InChI=1S/C17H19NO4/c1-12(2)11-17(10-9-14(19)21-3)16(20)22-15(18-17)13-7-5-4-6-8-13/h4-10,12H,11H2,1-3H3/b10-9+/t17-/m1/s1. The van der Waals surface area contributed by atoms with Crippen molar-refractivity contribution >= 4 is 17.8 Å². The summed E-state index contributed by atoms with van der Waals surface area (Å²) in [5, 5.41) is 0. The van der Waals surface area contributed by atoms with Gasteiger partial charge in [-0.3, -0.25) is 0 Å². The summed E-state index contributed by atoms with van der Waals surface area (Å²) in [5.74, 6) is -0.519. The second-order valence-corrected chi connectivity index (χ2v) is 5.55. The lowest BCUT2D eigenvalue weighted by Gasteiger charge is -2.19. The fourth-order valence-electron chi connectivity index (χ4n) is 2.33. The third-order valence-electron chi connectivity index (χ3n) is 3.28. The lowest BCUT2D eigenvalue weighted by atomic mass is 9.89. The molecule has 0 saturated carbocycles. The molecule has 5 heteroatoms. The highest BCUT2D eigenvalue weighted by Crippen LogP contribution is 2.31. The van der Waals surface area contributed by atoms with Crippen LogP contribution in [0.5, 0.6) is 0 Å². The van der Waals surface area contributed by atoms with E-state index in [0.717, 1.165) is 5.56 Å². The number of ether oxygens (including phenoxy) is 2. The summed E-state index contributed by atoms with van der Waals surface area (Å²) in [6.07, 6.45) is 3.15. The van der Waals surface area contributed by atoms with E-state index in [1.54, 1.807) is 0 Å². The van der Waals surface area contributed by atoms with Gasteiger partial charge in [-0.25, -0.2) is 14.6 Å². The summed E-state index contributed by atoms with van der Waals surface area (Å²) in [6, 6.07) is 9.21. The van der Waals surface area contributed by atoms with Crippen LogP contribution >= 0.6 is 0 Å². The van der Waals surface area contributed by atoms with E-state index in [9.17, 15) is 9.59 Å². The topological polar surface area (TPSA) is 65.0 Å². The van der Waals surface area contributed by atoms with Gasteiger partial charge in [0.15, 0.2) is 5.54 Å². The number of nitrogens with zero attached hydrogens (tertiary/aromatic N) is 1. The van der Waals surface area contributed by atoms with E-state index in [1.165, 1.54) is 19.3 Å². The molecule has 1 aliphatic heterocycles. The molecule has 0 fully saturated rings. The summed E-state index contributed by atoms with van der Waals surface area (Å²) >= 11 is 0. The highest BCUT2D eigenvalue weighted by Gasteiger charge is 2.44. The molecular formula is C17H19NO4. The Kier molecular flexibility index (Phi) is 4.75. The fraction of sp³-hybridized carbons (Fsp3) is 0.353. The molecule has 0 saturated heterocycles. The number of rotatable bonds is 5. The van der Waals surface area contributed by atoms with E-state index in [2.05, 4.69) is 9.73 Å². The second-order valence-electron chi connectivity index (χ2n) is 5.55. The van der Waals surface area contributed by atoms with Crippen molar-refractivity contribution in [2.24, 2.45) is 10.9 Å². The van der Waals surface area contributed by atoms with Gasteiger partial charge in [0.1, 0.15) is 0 Å². The highest BCUT2D eigenvalue weighted by molar-refractivity contribution is 6.09. The van der Waals surface area contributed by atoms with Crippen LogP contribution in [0, 0.1) is 5.92 Å². The monoisotopic (exact) mass is 301 g/mol. The minimum atomic E-state index is -1.17. The van der Waals surface area contributed by atoms with Crippen LogP contribution in [0.4, 0.5) is 0 Å². The van der Waals surface area contributed by atoms with Gasteiger partial charge < -0.3 is 9.47 Å². The first-order valence-corrected chi connectivity index (χ1v) is 7.11. The van der Waals surface area contributed by atoms with Crippen molar-refractivity contribution in [1.82, 2.24) is 0 Å². The Morgan fingerprint density at radius 2 is 2.05 bits per heavy atom. The summed E-state index contributed by atoms with van der Waals surface area (Å²) in [6.45, 7) is 3.97. The maximum atomic E-state index is 12.4. The third kappa shape index (κ3) is 3.42. The van der Waals surface area contributed by atoms with E-state index in [1.807, 2.05) is 44.2 Å². The van der Waals surface area contributed by atoms with Crippen molar-refractivity contribution in [2.75, 3.05) is 7.11 Å². The Morgan fingerprint density at radius 3 is 2.64 bits per heavy atom. The van der Waals surface area contributed by atoms with Gasteiger partial charge in [-0.1, -0.05) is 32.0 Å². The number of carbonyl (C=O) groups excluding carboxylic acids is 2. The predicted molar refractivity (Wildman–Crippen MR) is 82.4 cm³/mol. The van der Waals surface area contributed by atoms with Crippen LogP contribution in [0.25, 0.3) is 0 Å². The molecule has 1 heterocycles. The molecule has 0 aromatic heterocycles. The summed E-state index contributed by atoms with van der Waals surface area (Å²) < 4.78 is 9.92. The molecule has 116 valence electrons. The SMILES string of the molecule is COC(=O)/C=C/[C@]1(CC(C)C)N=C(c2ccccc2)OC1=O. The first-order chi connectivity index (χ1) is 10.5. The molecule has 0 unspecified atom stereocenters. The maximum absolute atomic E-state index is 12.4. The van der Waals surface area contributed by atoms with Crippen LogP contribution in [0.15, 0.2) is 47.5 Å². The number of methoxy groups -OCH3 is 1. The van der Waals surface area contributed by atoms with Gasteiger partial charge in [0.05, 0.1) is 7.11 Å². The quantitative estimate of drug-likeness (QED) is 0.619. The van der Waals surface area contributed by atoms with Gasteiger partial charge in [-0.2, -0.15) is 0 Å². The number of esters is 2. The molecular weight excluding hydrogens is 282 g/mol. The molecule has 5 nitrogen and oxygen atoms in total. The number of aliphatic imine (C=N–C) groups is 1. The highest BCUT2D eigenvalue weighted by atomic mass is 16.6. The van der Waals surface area contributed by atoms with Crippen molar-refractivity contribution in [3.63, 3.8) is 0 Å². The average Bonchev–Trinajstić information content (AvgIpc) is 2.82. The minimum Gasteiger partial charge on any atom is -0.466 e. The molecule has 1 aromatic carbocycles. The lowest BCUT2D eigenvalue weighted by molar-refractivity contribution is -0.137. The lowest BCUT2D eigenvalue weighted by Crippen LogP contribution is -2.33. The van der Waals surface area contributed by atoms with Gasteiger partial charge in [0.25, 0.3) is 0 Å². The van der Waals surface area contributed by atoms with Crippen LogP contribution in [-0.4, -0.2) is 30.5 Å². The zero-order chi connectivity index (χ0) is 16.2. The van der Waals surface area contributed by atoms with Crippen molar-refractivity contribution in [3.8, 4) is 0 Å². The Morgan fingerprint density at radius 1 is 1.36 bits per heavy atom. The van der Waals surface area contributed by atoms with E-state index < -0.39 is 17.5 Å². The molecule has 0 radical (unpaired) electrons. The maximum Gasteiger partial charge on any atom is 0.344 e. The Labute approximate surface area is 129 Å². The largest absolute Gasteiger partial charge is 0.466 e. The number of carbonyl (C=O) groups is 2. The van der Waals surface area contributed by atoms with Gasteiger partial charge >= 0.3 is 11.9 Å². The van der Waals surface area contributed by atoms with Crippen LogP contribution in [0.1, 0.15) is 25.8 Å². The first kappa shape index (κ1) is 15.9. The molecule has 1 aromatic rings. The number of hydrogen-bond donors (Lipinski definition) is 0. The van der Waals surface area contributed by atoms with Crippen molar-refractivity contribution < 1.29 is 19.1 Å². The first-order valence-electron chi connectivity index (χ1n) is 7.11. The van der Waals surface area contributed by atoms with E-state index in [-0.39, 0.29) is 11.8 Å². The van der Waals surface area contributed by atoms with Gasteiger partial charge in [-0.15, -0.1) is 0 Å². The smallest absolute Gasteiger partial charge is 0.344 e. The molecule has 2 rings (SSSR count). The fourth-order valence-corrected chi connectivity index (χ4v) is 2.33. The number of hydrogen-bond acceptors (Lipinski definition) is 5. The van der Waals surface area contributed by atoms with Crippen LogP contribution in [-0.2, 0) is 19.1 Å². The third-order valence-corrected chi connectivity index (χ3v) is 3.28. The molecule has 0 amide bonds.